The van der Waals surface area contributed by atoms with Crippen molar-refractivity contribution in [3.8, 4) is 11.8 Å². The minimum absolute atomic E-state index is 0.0425. The topological polar surface area (TPSA) is 52.7 Å². The van der Waals surface area contributed by atoms with Crippen molar-refractivity contribution in [1.29, 1.82) is 0 Å². The first kappa shape index (κ1) is 22.0. The van der Waals surface area contributed by atoms with Gasteiger partial charge in [-0.15, -0.1) is 0 Å². The lowest BCUT2D eigenvalue weighted by Crippen LogP contribution is -2.47. The third-order valence-corrected chi connectivity index (χ3v) is 6.34. The summed E-state index contributed by atoms with van der Waals surface area (Å²) in [6.45, 7) is 5.20. The van der Waals surface area contributed by atoms with Crippen LogP contribution in [0.2, 0.25) is 0 Å². The molecule has 1 atom stereocenters. The van der Waals surface area contributed by atoms with Crippen LogP contribution < -0.4 is 5.32 Å². The van der Waals surface area contributed by atoms with Gasteiger partial charge in [0.15, 0.2) is 0 Å². The Morgan fingerprint density at radius 1 is 0.875 bits per heavy atom. The molecular formula is C27H31N3O2. The Labute approximate surface area is 190 Å². The number of likely N-dealkylation sites (tertiary alicyclic amines) is 2. The quantitative estimate of drug-likeness (QED) is 0.710. The highest BCUT2D eigenvalue weighted by Gasteiger charge is 2.31. The standard InChI is InChI=1S/C27H31N3O2/c1-21-7-6-16-30(20-21)26(31)24-14-17-29(18-15-24)27(32)28-25-11-5-10-23(19-25)13-12-22-8-3-2-4-9-22/h2-5,8-11,19,21,24H,6-7,14-18,20H2,1H3,(H,28,32). The number of hydrogen-bond acceptors (Lipinski definition) is 2. The van der Waals surface area contributed by atoms with Crippen LogP contribution in [0.1, 0.15) is 43.7 Å². The molecule has 1 N–H and O–H groups in total. The molecule has 32 heavy (non-hydrogen) atoms. The van der Waals surface area contributed by atoms with Gasteiger partial charge in [0.25, 0.3) is 0 Å². The Kier molecular flexibility index (Phi) is 7.11. The summed E-state index contributed by atoms with van der Waals surface area (Å²) in [5.41, 5.74) is 2.54. The Bertz CT molecular complexity index is 1000. The van der Waals surface area contributed by atoms with Crippen molar-refractivity contribution < 1.29 is 9.59 Å². The summed E-state index contributed by atoms with van der Waals surface area (Å²) in [5, 5.41) is 2.99. The molecule has 2 heterocycles. The minimum Gasteiger partial charge on any atom is -0.342 e. The van der Waals surface area contributed by atoms with Gasteiger partial charge in [-0.3, -0.25) is 4.79 Å². The second-order valence-electron chi connectivity index (χ2n) is 8.92. The van der Waals surface area contributed by atoms with Crippen molar-refractivity contribution in [2.45, 2.75) is 32.6 Å². The SMILES string of the molecule is CC1CCCN(C(=O)C2CCN(C(=O)Nc3cccc(C#Cc4ccccc4)c3)CC2)C1. The van der Waals surface area contributed by atoms with Gasteiger partial charge in [-0.1, -0.05) is 43.0 Å². The summed E-state index contributed by atoms with van der Waals surface area (Å²) in [6, 6.07) is 17.3. The van der Waals surface area contributed by atoms with Gasteiger partial charge in [0.2, 0.25) is 5.91 Å². The molecule has 2 saturated heterocycles. The lowest BCUT2D eigenvalue weighted by atomic mass is 9.93. The number of nitrogens with zero attached hydrogens (tertiary/aromatic N) is 2. The number of carbonyl (C=O) groups excluding carboxylic acids is 2. The molecule has 2 aliphatic rings. The average molecular weight is 430 g/mol. The normalized spacial score (nSPS) is 19.1. The molecule has 2 fully saturated rings. The van der Waals surface area contributed by atoms with Crippen molar-refractivity contribution >= 4 is 17.6 Å². The zero-order chi connectivity index (χ0) is 22.3. The molecule has 2 aromatic carbocycles. The van der Waals surface area contributed by atoms with Gasteiger partial charge >= 0.3 is 6.03 Å². The van der Waals surface area contributed by atoms with Crippen LogP contribution in [-0.4, -0.2) is 47.9 Å². The summed E-state index contributed by atoms with van der Waals surface area (Å²) >= 11 is 0. The maximum Gasteiger partial charge on any atom is 0.321 e. The van der Waals surface area contributed by atoms with Crippen LogP contribution in [0, 0.1) is 23.7 Å². The first-order chi connectivity index (χ1) is 15.6. The monoisotopic (exact) mass is 429 g/mol. The van der Waals surface area contributed by atoms with Gasteiger partial charge in [-0.2, -0.15) is 0 Å². The number of carbonyl (C=O) groups is 2. The van der Waals surface area contributed by atoms with Crippen molar-refractivity contribution in [3.63, 3.8) is 0 Å². The number of anilines is 1. The van der Waals surface area contributed by atoms with Gasteiger partial charge in [-0.25, -0.2) is 4.79 Å². The highest BCUT2D eigenvalue weighted by Crippen LogP contribution is 2.24. The maximum absolute atomic E-state index is 12.9. The molecule has 2 aromatic rings. The second kappa shape index (κ2) is 10.4. The van der Waals surface area contributed by atoms with E-state index in [0.29, 0.717) is 19.0 Å². The molecule has 166 valence electrons. The molecule has 0 aliphatic carbocycles. The van der Waals surface area contributed by atoms with Crippen molar-refractivity contribution in [3.05, 3.63) is 65.7 Å². The van der Waals surface area contributed by atoms with Gasteiger partial charge < -0.3 is 15.1 Å². The molecule has 3 amide bonds. The predicted molar refractivity (Wildman–Crippen MR) is 127 cm³/mol. The van der Waals surface area contributed by atoms with Crippen molar-refractivity contribution in [2.75, 3.05) is 31.5 Å². The number of benzene rings is 2. The first-order valence-corrected chi connectivity index (χ1v) is 11.6. The van der Waals surface area contributed by atoms with Crippen molar-refractivity contribution in [2.24, 2.45) is 11.8 Å². The maximum atomic E-state index is 12.9. The summed E-state index contributed by atoms with van der Waals surface area (Å²) in [7, 11) is 0. The Morgan fingerprint density at radius 2 is 1.59 bits per heavy atom. The number of nitrogens with one attached hydrogen (secondary N) is 1. The third kappa shape index (κ3) is 5.70. The van der Waals surface area contributed by atoms with Crippen LogP contribution in [0.4, 0.5) is 10.5 Å². The van der Waals surface area contributed by atoms with E-state index < -0.39 is 0 Å². The smallest absolute Gasteiger partial charge is 0.321 e. The fraction of sp³-hybridized carbons (Fsp3) is 0.407. The molecule has 2 aliphatic heterocycles. The van der Waals surface area contributed by atoms with Gasteiger partial charge in [0.05, 0.1) is 0 Å². The third-order valence-electron chi connectivity index (χ3n) is 6.34. The molecule has 0 bridgehead atoms. The zero-order valence-corrected chi connectivity index (χ0v) is 18.7. The van der Waals surface area contributed by atoms with E-state index >= 15 is 0 Å². The van der Waals surface area contributed by atoms with Crippen LogP contribution in [0.3, 0.4) is 0 Å². The van der Waals surface area contributed by atoms with Gasteiger partial charge in [-0.05, 0) is 61.9 Å². The summed E-state index contributed by atoms with van der Waals surface area (Å²) in [5.74, 6) is 7.20. The van der Waals surface area contributed by atoms with Crippen LogP contribution in [-0.2, 0) is 4.79 Å². The molecule has 0 saturated carbocycles. The molecular weight excluding hydrogens is 398 g/mol. The Hall–Kier alpha value is -3.26. The highest BCUT2D eigenvalue weighted by molar-refractivity contribution is 5.90. The lowest BCUT2D eigenvalue weighted by Gasteiger charge is -2.37. The van der Waals surface area contributed by atoms with Gasteiger partial charge in [0.1, 0.15) is 0 Å². The molecule has 5 heteroatoms. The highest BCUT2D eigenvalue weighted by atomic mass is 16.2. The number of hydrogen-bond donors (Lipinski definition) is 1. The van der Waals surface area contributed by atoms with E-state index in [0.717, 1.165) is 49.2 Å². The van der Waals surface area contributed by atoms with Crippen molar-refractivity contribution in [1.82, 2.24) is 9.80 Å². The van der Waals surface area contributed by atoms with Crippen LogP contribution in [0.15, 0.2) is 54.6 Å². The Morgan fingerprint density at radius 3 is 2.34 bits per heavy atom. The number of rotatable bonds is 2. The molecule has 0 spiro atoms. The molecule has 0 aromatic heterocycles. The predicted octanol–water partition coefficient (Wildman–Crippen LogP) is 4.59. The van der Waals surface area contributed by atoms with Crippen LogP contribution in [0.25, 0.3) is 0 Å². The summed E-state index contributed by atoms with van der Waals surface area (Å²) < 4.78 is 0. The number of urea groups is 1. The van der Waals surface area contributed by atoms with E-state index in [9.17, 15) is 9.59 Å². The van der Waals surface area contributed by atoms with E-state index in [-0.39, 0.29) is 17.9 Å². The summed E-state index contributed by atoms with van der Waals surface area (Å²) in [6.07, 6.45) is 3.78. The fourth-order valence-corrected chi connectivity index (χ4v) is 4.52. The number of amides is 3. The number of piperidine rings is 2. The fourth-order valence-electron chi connectivity index (χ4n) is 4.52. The zero-order valence-electron chi connectivity index (χ0n) is 18.7. The summed E-state index contributed by atoms with van der Waals surface area (Å²) in [4.78, 5) is 29.5. The average Bonchev–Trinajstić information content (AvgIpc) is 2.83. The Balaban J connectivity index is 1.30. The minimum atomic E-state index is -0.115. The second-order valence-corrected chi connectivity index (χ2v) is 8.92. The van der Waals surface area contributed by atoms with E-state index in [2.05, 4.69) is 24.1 Å². The van der Waals surface area contributed by atoms with Crippen LogP contribution >= 0.6 is 0 Å². The molecule has 1 unspecified atom stereocenters. The largest absolute Gasteiger partial charge is 0.342 e. The van der Waals surface area contributed by atoms with E-state index in [1.165, 1.54) is 6.42 Å². The first-order valence-electron chi connectivity index (χ1n) is 11.6. The molecule has 5 nitrogen and oxygen atoms in total. The van der Waals surface area contributed by atoms with E-state index in [4.69, 9.17) is 0 Å². The van der Waals surface area contributed by atoms with E-state index in [1.54, 1.807) is 0 Å². The van der Waals surface area contributed by atoms with Crippen LogP contribution in [0.5, 0.6) is 0 Å². The van der Waals surface area contributed by atoms with Gasteiger partial charge in [0, 0.05) is 48.9 Å². The van der Waals surface area contributed by atoms with E-state index in [1.807, 2.05) is 64.4 Å². The lowest BCUT2D eigenvalue weighted by molar-refractivity contribution is -0.138. The molecule has 4 rings (SSSR count). The molecule has 0 radical (unpaired) electrons.